The van der Waals surface area contributed by atoms with Crippen LogP contribution >= 0.6 is 11.3 Å². The van der Waals surface area contributed by atoms with E-state index < -0.39 is 11.9 Å². The Labute approximate surface area is 207 Å². The summed E-state index contributed by atoms with van der Waals surface area (Å²) in [5.74, 6) is -1.43. The Hall–Kier alpha value is -4.04. The third kappa shape index (κ3) is 5.73. The van der Waals surface area contributed by atoms with Crippen LogP contribution in [0, 0.1) is 5.92 Å². The van der Waals surface area contributed by atoms with Gasteiger partial charge in [-0.2, -0.15) is 0 Å². The normalized spacial score (nSPS) is 11.6. The third-order valence-corrected chi connectivity index (χ3v) is 6.58. The molecule has 4 aromatic rings. The molecule has 2 aromatic carbocycles. The van der Waals surface area contributed by atoms with Gasteiger partial charge >= 0.3 is 5.97 Å². The lowest BCUT2D eigenvalue weighted by molar-refractivity contribution is -0.140. The second-order valence-corrected chi connectivity index (χ2v) is 8.87. The number of thiazole rings is 1. The van der Waals surface area contributed by atoms with Crippen LogP contribution < -0.4 is 9.64 Å². The van der Waals surface area contributed by atoms with Gasteiger partial charge < -0.3 is 9.84 Å². The Balaban J connectivity index is 1.59. The van der Waals surface area contributed by atoms with Crippen molar-refractivity contribution in [2.75, 3.05) is 19.1 Å². The number of hydrogen-bond donors (Lipinski definition) is 1. The minimum atomic E-state index is -1.01. The van der Waals surface area contributed by atoms with Crippen LogP contribution in [0.4, 0.5) is 5.13 Å². The highest BCUT2D eigenvalue weighted by atomic mass is 32.1. The van der Waals surface area contributed by atoms with Gasteiger partial charge in [0.05, 0.1) is 25.1 Å². The second-order valence-electron chi connectivity index (χ2n) is 8.03. The number of carbonyl (C=O) groups is 2. The van der Waals surface area contributed by atoms with Crippen LogP contribution in [0.1, 0.15) is 12.0 Å². The molecule has 178 valence electrons. The van der Waals surface area contributed by atoms with Crippen LogP contribution in [0.2, 0.25) is 0 Å². The summed E-state index contributed by atoms with van der Waals surface area (Å²) in [6, 6.07) is 21.0. The number of carbonyl (C=O) groups excluding carboxylic acids is 1. The van der Waals surface area contributed by atoms with Crippen molar-refractivity contribution in [3.63, 3.8) is 0 Å². The number of methoxy groups -OCH3 is 1. The number of benzene rings is 2. The molecule has 0 aliphatic heterocycles. The molecule has 0 radical (unpaired) electrons. The Morgan fingerprint density at radius 3 is 2.40 bits per heavy atom. The molecule has 0 unspecified atom stereocenters. The molecule has 0 fully saturated rings. The fourth-order valence-corrected chi connectivity index (χ4v) is 4.68. The zero-order chi connectivity index (χ0) is 24.8. The number of aromatic nitrogens is 2. The van der Waals surface area contributed by atoms with Crippen molar-refractivity contribution in [3.05, 3.63) is 83.9 Å². The van der Waals surface area contributed by atoms with E-state index in [2.05, 4.69) is 4.98 Å². The quantitative estimate of drug-likeness (QED) is 0.350. The van der Waals surface area contributed by atoms with E-state index in [4.69, 9.17) is 9.72 Å². The van der Waals surface area contributed by atoms with Crippen LogP contribution in [0.25, 0.3) is 22.4 Å². The number of ether oxygens (including phenoxy) is 1. The lowest BCUT2D eigenvalue weighted by atomic mass is 9.95. The Morgan fingerprint density at radius 2 is 1.74 bits per heavy atom. The van der Waals surface area contributed by atoms with E-state index in [1.807, 2.05) is 66.0 Å². The van der Waals surface area contributed by atoms with Crippen molar-refractivity contribution >= 4 is 28.3 Å². The van der Waals surface area contributed by atoms with Crippen LogP contribution in [0.15, 0.2) is 78.3 Å². The monoisotopic (exact) mass is 487 g/mol. The minimum absolute atomic E-state index is 0.246. The maximum atomic E-state index is 13.3. The summed E-state index contributed by atoms with van der Waals surface area (Å²) in [5, 5.41) is 11.8. The first-order valence-corrected chi connectivity index (χ1v) is 11.9. The molecule has 1 N–H and O–H groups in total. The molecule has 2 aromatic heterocycles. The lowest BCUT2D eigenvalue weighted by Gasteiger charge is -2.21. The van der Waals surface area contributed by atoms with Gasteiger partial charge in [-0.15, -0.1) is 11.3 Å². The first kappa shape index (κ1) is 24.1. The molecule has 0 saturated heterocycles. The largest absolute Gasteiger partial charge is 0.481 e. The number of carboxylic acid groups (broad SMARTS) is 1. The molecule has 1 atom stereocenters. The first-order valence-electron chi connectivity index (χ1n) is 11.0. The molecule has 8 heteroatoms. The summed E-state index contributed by atoms with van der Waals surface area (Å²) >= 11 is 1.34. The molecule has 0 saturated carbocycles. The molecule has 7 nitrogen and oxygen atoms in total. The van der Waals surface area contributed by atoms with Crippen molar-refractivity contribution in [1.82, 2.24) is 9.97 Å². The number of aliphatic carboxylic acids is 1. The maximum absolute atomic E-state index is 13.3. The predicted molar refractivity (Wildman–Crippen MR) is 137 cm³/mol. The van der Waals surface area contributed by atoms with Crippen LogP contribution in [-0.4, -0.2) is 41.1 Å². The van der Waals surface area contributed by atoms with Crippen LogP contribution in [0.3, 0.4) is 0 Å². The van der Waals surface area contributed by atoms with Crippen molar-refractivity contribution < 1.29 is 19.4 Å². The molecular formula is C27H25N3O4S. The number of pyridine rings is 1. The number of carboxylic acids is 1. The summed E-state index contributed by atoms with van der Waals surface area (Å²) in [6.07, 6.45) is 1.85. The van der Waals surface area contributed by atoms with Crippen molar-refractivity contribution in [2.24, 2.45) is 5.92 Å². The van der Waals surface area contributed by atoms with Crippen molar-refractivity contribution in [1.29, 1.82) is 0 Å². The second kappa shape index (κ2) is 10.9. The summed E-state index contributed by atoms with van der Waals surface area (Å²) in [6.45, 7) is 0. The fourth-order valence-electron chi connectivity index (χ4n) is 3.88. The van der Waals surface area contributed by atoms with E-state index in [1.165, 1.54) is 16.2 Å². The molecule has 0 bridgehead atoms. The van der Waals surface area contributed by atoms with Crippen molar-refractivity contribution in [2.45, 2.75) is 12.8 Å². The highest BCUT2D eigenvalue weighted by Crippen LogP contribution is 2.35. The maximum Gasteiger partial charge on any atom is 0.304 e. The van der Waals surface area contributed by atoms with Gasteiger partial charge in [-0.05, 0) is 23.6 Å². The number of rotatable bonds is 9. The van der Waals surface area contributed by atoms with Gasteiger partial charge in [-0.25, -0.2) is 9.97 Å². The van der Waals surface area contributed by atoms with E-state index in [0.29, 0.717) is 17.4 Å². The first-order chi connectivity index (χ1) is 17.0. The van der Waals surface area contributed by atoms with E-state index in [0.717, 1.165) is 27.9 Å². The van der Waals surface area contributed by atoms with Gasteiger partial charge in [0.2, 0.25) is 11.8 Å². The standard InChI is InChI=1S/C27H25N3O4S/c1-30(26(33)20(15-25(31)32)14-18-8-4-3-5-9-18)27-29-23(17-35-27)22-11-7-6-10-21(22)19-12-13-24(34-2)28-16-19/h3-13,16-17,20H,14-15H2,1-2H3,(H,31,32)/t20-/m1/s1. The van der Waals surface area contributed by atoms with E-state index in [1.54, 1.807) is 26.4 Å². The smallest absolute Gasteiger partial charge is 0.304 e. The topological polar surface area (TPSA) is 92.6 Å². The summed E-state index contributed by atoms with van der Waals surface area (Å²) < 4.78 is 5.16. The third-order valence-electron chi connectivity index (χ3n) is 5.66. The summed E-state index contributed by atoms with van der Waals surface area (Å²) in [7, 11) is 3.22. The highest BCUT2D eigenvalue weighted by Gasteiger charge is 2.27. The number of hydrogen-bond acceptors (Lipinski definition) is 6. The predicted octanol–water partition coefficient (Wildman–Crippen LogP) is 5.18. The van der Waals surface area contributed by atoms with Gasteiger partial charge in [0.25, 0.3) is 0 Å². The average molecular weight is 488 g/mol. The lowest BCUT2D eigenvalue weighted by Crippen LogP contribution is -2.35. The van der Waals surface area contributed by atoms with E-state index in [9.17, 15) is 14.7 Å². The van der Waals surface area contributed by atoms with Gasteiger partial charge in [0.1, 0.15) is 0 Å². The molecule has 2 heterocycles. The zero-order valence-corrected chi connectivity index (χ0v) is 20.2. The minimum Gasteiger partial charge on any atom is -0.481 e. The fraction of sp³-hybridized carbons (Fsp3) is 0.185. The van der Waals surface area contributed by atoms with E-state index in [-0.39, 0.29) is 12.3 Å². The van der Waals surface area contributed by atoms with Gasteiger partial charge in [0, 0.05) is 35.8 Å². The summed E-state index contributed by atoms with van der Waals surface area (Å²) in [5.41, 5.74) is 4.44. The molecular weight excluding hydrogens is 462 g/mol. The van der Waals surface area contributed by atoms with Gasteiger partial charge in [0.15, 0.2) is 5.13 Å². The molecule has 1 amide bonds. The van der Waals surface area contributed by atoms with Gasteiger partial charge in [-0.1, -0.05) is 54.6 Å². The molecule has 0 spiro atoms. The number of amides is 1. The van der Waals surface area contributed by atoms with Gasteiger partial charge in [-0.3, -0.25) is 14.5 Å². The van der Waals surface area contributed by atoms with Crippen LogP contribution in [0.5, 0.6) is 5.88 Å². The number of anilines is 1. The molecule has 4 rings (SSSR count). The van der Waals surface area contributed by atoms with Crippen molar-refractivity contribution in [3.8, 4) is 28.3 Å². The molecule has 0 aliphatic rings. The van der Waals surface area contributed by atoms with E-state index >= 15 is 0 Å². The molecule has 0 aliphatic carbocycles. The summed E-state index contributed by atoms with van der Waals surface area (Å²) in [4.78, 5) is 35.2. The Kier molecular flexibility index (Phi) is 7.52. The van der Waals surface area contributed by atoms with Crippen LogP contribution in [-0.2, 0) is 16.0 Å². The average Bonchev–Trinajstić information content (AvgIpc) is 3.38. The number of nitrogens with zero attached hydrogens (tertiary/aromatic N) is 3. The molecule has 35 heavy (non-hydrogen) atoms. The Morgan fingerprint density at radius 1 is 1.03 bits per heavy atom. The Bertz CT molecular complexity index is 1310. The SMILES string of the molecule is COc1ccc(-c2ccccc2-c2csc(N(C)C(=O)[C@@H](CC(=O)O)Cc3ccccc3)n2)cn1. The zero-order valence-electron chi connectivity index (χ0n) is 19.4. The highest BCUT2D eigenvalue weighted by molar-refractivity contribution is 7.14.